The molecule has 0 saturated carbocycles. The molecular formula is C29H29F4KN4O4. The number of anilines is 2. The Bertz CT molecular complexity index is 1480. The van der Waals surface area contributed by atoms with E-state index in [4.69, 9.17) is 9.47 Å². The average molecular weight is 613 g/mol. The topological polar surface area (TPSA) is 77.8 Å². The minimum absolute atomic E-state index is 0. The van der Waals surface area contributed by atoms with E-state index in [0.717, 1.165) is 17.8 Å². The van der Waals surface area contributed by atoms with Gasteiger partial charge in [0.15, 0.2) is 0 Å². The van der Waals surface area contributed by atoms with Crippen molar-refractivity contribution in [2.75, 3.05) is 50.2 Å². The molecule has 13 heteroatoms. The standard InChI is InChI=1S/C29H28F4N4O4.K.H/c1-40-20-6-3-5-19(16-20)35-11-13-36(14-12-35)28-34-27-21(7-4-8-22(27)30)23(17-26(38)39)37(28)24-15-18(29(31,32)33)9-10-25(24)41-2;;/h3-10,15-16,23H,11-14,17H2,1-2H3,(H,38,39);;/t23-;;/m0../s1. The molecule has 8 nitrogen and oxygen atoms in total. The van der Waals surface area contributed by atoms with Crippen molar-refractivity contribution >= 4 is 80.4 Å². The number of carboxylic acids is 1. The number of hydrogen-bond donors (Lipinski definition) is 1. The molecule has 0 aliphatic carbocycles. The molecule has 3 aromatic carbocycles. The van der Waals surface area contributed by atoms with Crippen molar-refractivity contribution in [2.45, 2.75) is 18.6 Å². The molecule has 2 aliphatic rings. The molecule has 42 heavy (non-hydrogen) atoms. The summed E-state index contributed by atoms with van der Waals surface area (Å²) in [6.45, 7) is 1.82. The first-order chi connectivity index (χ1) is 19.6. The van der Waals surface area contributed by atoms with Crippen LogP contribution in [0.1, 0.15) is 23.6 Å². The van der Waals surface area contributed by atoms with Gasteiger partial charge < -0.3 is 29.3 Å². The number of ether oxygens (including phenoxy) is 2. The Labute approximate surface area is 282 Å². The number of para-hydroxylation sites is 1. The summed E-state index contributed by atoms with van der Waals surface area (Å²) in [5.74, 6) is -0.910. The van der Waals surface area contributed by atoms with Gasteiger partial charge >= 0.3 is 63.5 Å². The molecule has 0 unspecified atom stereocenters. The fraction of sp³-hybridized carbons (Fsp3) is 0.310. The second-order valence-electron chi connectivity index (χ2n) is 9.63. The molecule has 218 valence electrons. The van der Waals surface area contributed by atoms with Crippen LogP contribution in [0.15, 0.2) is 65.7 Å². The summed E-state index contributed by atoms with van der Waals surface area (Å²) >= 11 is 0. The van der Waals surface area contributed by atoms with E-state index >= 15 is 4.39 Å². The number of guanidine groups is 1. The maximum atomic E-state index is 15.1. The summed E-state index contributed by atoms with van der Waals surface area (Å²) in [5, 5.41) is 9.83. The molecule has 0 aromatic heterocycles. The van der Waals surface area contributed by atoms with E-state index in [2.05, 4.69) is 9.89 Å². The third-order valence-corrected chi connectivity index (χ3v) is 7.23. The van der Waals surface area contributed by atoms with Crippen LogP contribution >= 0.6 is 0 Å². The SMILES string of the molecule is COc1cccc(N2CCN(C3=Nc4c(F)cccc4[C@H](CC(=O)O)N3c3cc(C(F)(F)F)ccc3OC)CC2)c1.[KH]. The van der Waals surface area contributed by atoms with Crippen LogP contribution < -0.4 is 19.3 Å². The van der Waals surface area contributed by atoms with Gasteiger partial charge in [0.05, 0.1) is 37.9 Å². The molecule has 2 heterocycles. The second kappa shape index (κ2) is 13.2. The molecule has 5 rings (SSSR count). The van der Waals surface area contributed by atoms with E-state index in [1.807, 2.05) is 29.2 Å². The first-order valence-corrected chi connectivity index (χ1v) is 12.9. The zero-order valence-electron chi connectivity index (χ0n) is 22.4. The van der Waals surface area contributed by atoms with Gasteiger partial charge in [-0.05, 0) is 36.4 Å². The molecule has 0 spiro atoms. The molecule has 0 amide bonds. The van der Waals surface area contributed by atoms with Crippen LogP contribution in [0.25, 0.3) is 0 Å². The summed E-state index contributed by atoms with van der Waals surface area (Å²) in [6.07, 6.45) is -5.18. The second-order valence-corrected chi connectivity index (χ2v) is 9.63. The fourth-order valence-electron chi connectivity index (χ4n) is 5.24. The van der Waals surface area contributed by atoms with Crippen LogP contribution in [0.4, 0.5) is 34.6 Å². The number of carboxylic acid groups (broad SMARTS) is 1. The van der Waals surface area contributed by atoms with Crippen molar-refractivity contribution in [1.29, 1.82) is 0 Å². The number of aliphatic carboxylic acids is 1. The van der Waals surface area contributed by atoms with Crippen molar-refractivity contribution in [3.63, 3.8) is 0 Å². The maximum absolute atomic E-state index is 15.1. The molecule has 1 atom stereocenters. The van der Waals surface area contributed by atoms with Gasteiger partial charge in [-0.2, -0.15) is 13.2 Å². The van der Waals surface area contributed by atoms with Gasteiger partial charge in [-0.1, -0.05) is 18.2 Å². The quantitative estimate of drug-likeness (QED) is 0.308. The van der Waals surface area contributed by atoms with Gasteiger partial charge in [0.1, 0.15) is 23.0 Å². The minimum atomic E-state index is -4.66. The summed E-state index contributed by atoms with van der Waals surface area (Å²) in [7, 11) is 2.90. The number of aliphatic imine (C=N–C) groups is 1. The number of halogens is 4. The van der Waals surface area contributed by atoms with Crippen molar-refractivity contribution in [1.82, 2.24) is 4.90 Å². The number of hydrogen-bond acceptors (Lipinski definition) is 7. The number of carbonyl (C=O) groups is 1. The number of piperazine rings is 1. The van der Waals surface area contributed by atoms with Gasteiger partial charge in [0.2, 0.25) is 5.96 Å². The Hall–Kier alpha value is -2.84. The van der Waals surface area contributed by atoms with Gasteiger partial charge in [-0.25, -0.2) is 9.38 Å². The van der Waals surface area contributed by atoms with Gasteiger partial charge in [0.25, 0.3) is 0 Å². The predicted octanol–water partition coefficient (Wildman–Crippen LogP) is 5.06. The molecule has 0 radical (unpaired) electrons. The number of rotatable bonds is 6. The molecule has 3 aromatic rings. The third kappa shape index (κ3) is 6.54. The summed E-state index contributed by atoms with van der Waals surface area (Å²) in [4.78, 5) is 22.0. The van der Waals surface area contributed by atoms with Crippen LogP contribution in [-0.4, -0.2) is 114 Å². The van der Waals surface area contributed by atoms with Crippen LogP contribution in [0.2, 0.25) is 0 Å². The fourth-order valence-corrected chi connectivity index (χ4v) is 5.24. The van der Waals surface area contributed by atoms with Gasteiger partial charge in [-0.15, -0.1) is 0 Å². The third-order valence-electron chi connectivity index (χ3n) is 7.23. The first-order valence-electron chi connectivity index (χ1n) is 12.9. The van der Waals surface area contributed by atoms with E-state index in [0.29, 0.717) is 31.9 Å². The zero-order valence-corrected chi connectivity index (χ0v) is 22.4. The first kappa shape index (κ1) is 32.1. The van der Waals surface area contributed by atoms with Crippen molar-refractivity contribution in [2.24, 2.45) is 4.99 Å². The number of nitrogens with zero attached hydrogens (tertiary/aromatic N) is 4. The number of alkyl halides is 3. The number of fused-ring (bicyclic) bond motifs is 1. The molecule has 0 bridgehead atoms. The Morgan fingerprint density at radius 2 is 1.67 bits per heavy atom. The zero-order chi connectivity index (χ0) is 29.3. The molecular weight excluding hydrogens is 583 g/mol. The van der Waals surface area contributed by atoms with Crippen molar-refractivity contribution < 1.29 is 36.9 Å². The Kier molecular flexibility index (Phi) is 10.1. The summed E-state index contributed by atoms with van der Waals surface area (Å²) in [5.41, 5.74) is 0.204. The summed E-state index contributed by atoms with van der Waals surface area (Å²) in [6, 6.07) is 13.7. The predicted molar refractivity (Wildman–Crippen MR) is 153 cm³/mol. The Morgan fingerprint density at radius 3 is 2.31 bits per heavy atom. The molecule has 1 fully saturated rings. The Morgan fingerprint density at radius 1 is 0.976 bits per heavy atom. The summed E-state index contributed by atoms with van der Waals surface area (Å²) < 4.78 is 67.3. The van der Waals surface area contributed by atoms with Crippen molar-refractivity contribution in [3.05, 3.63) is 77.6 Å². The van der Waals surface area contributed by atoms with Crippen LogP contribution in [0.5, 0.6) is 11.5 Å². The van der Waals surface area contributed by atoms with Crippen LogP contribution in [0.3, 0.4) is 0 Å². The number of methoxy groups -OCH3 is 2. The van der Waals surface area contributed by atoms with E-state index in [1.165, 1.54) is 30.2 Å². The molecule has 2 aliphatic heterocycles. The monoisotopic (exact) mass is 612 g/mol. The van der Waals surface area contributed by atoms with E-state index in [-0.39, 0.29) is 80.0 Å². The van der Waals surface area contributed by atoms with Gasteiger partial charge in [0, 0.05) is 43.5 Å². The van der Waals surface area contributed by atoms with E-state index in [1.54, 1.807) is 13.2 Å². The van der Waals surface area contributed by atoms with Gasteiger partial charge in [-0.3, -0.25) is 4.79 Å². The molecule has 1 N–H and O–H groups in total. The van der Waals surface area contributed by atoms with Crippen LogP contribution in [-0.2, 0) is 11.0 Å². The normalized spacial score (nSPS) is 16.8. The van der Waals surface area contributed by atoms with E-state index < -0.39 is 36.0 Å². The average Bonchev–Trinajstić information content (AvgIpc) is 2.96. The molecule has 1 saturated heterocycles. The van der Waals surface area contributed by atoms with E-state index in [9.17, 15) is 23.1 Å². The van der Waals surface area contributed by atoms with Crippen LogP contribution in [0, 0.1) is 5.82 Å². The Balaban J connectivity index is 0.00000405. The van der Waals surface area contributed by atoms with Crippen molar-refractivity contribution in [3.8, 4) is 11.5 Å². The number of benzene rings is 3.